The molecule has 1 aliphatic heterocycles. The van der Waals surface area contributed by atoms with E-state index in [0.717, 1.165) is 25.8 Å². The van der Waals surface area contributed by atoms with Crippen molar-refractivity contribution < 1.29 is 4.79 Å². The quantitative estimate of drug-likeness (QED) is 0.517. The van der Waals surface area contributed by atoms with Crippen LogP contribution >= 0.6 is 23.2 Å². The Morgan fingerprint density at radius 3 is 2.62 bits per heavy atom. The van der Waals surface area contributed by atoms with Gasteiger partial charge in [0.15, 0.2) is 5.78 Å². The number of Topliss-reactive ketones (excluding diaryl/α,β-unsaturated/α-hetero) is 1. The largest absolute Gasteiger partial charge is 0.303 e. The average molecular weight is 327 g/mol. The number of likely N-dealkylation sites (tertiary alicyclic amines) is 1. The van der Waals surface area contributed by atoms with E-state index in [9.17, 15) is 4.79 Å². The van der Waals surface area contributed by atoms with Crippen molar-refractivity contribution in [3.05, 3.63) is 40.2 Å². The summed E-state index contributed by atoms with van der Waals surface area (Å²) in [5, 5.41) is 0.832. The lowest BCUT2D eigenvalue weighted by molar-refractivity contribution is 0.0979. The summed E-state index contributed by atoms with van der Waals surface area (Å²) in [6.45, 7) is 3.54. The third kappa shape index (κ3) is 5.28. The van der Waals surface area contributed by atoms with Crippen molar-refractivity contribution >= 4 is 29.0 Å². The number of carbonyl (C=O) groups is 1. The van der Waals surface area contributed by atoms with Crippen LogP contribution in [0.15, 0.2) is 18.2 Å². The van der Waals surface area contributed by atoms with Gasteiger partial charge in [0.2, 0.25) is 0 Å². The summed E-state index contributed by atoms with van der Waals surface area (Å²) < 4.78 is 0. The maximum absolute atomic E-state index is 12.1. The van der Waals surface area contributed by atoms with E-state index < -0.39 is 0 Å². The smallest absolute Gasteiger partial charge is 0.164 e. The summed E-state index contributed by atoms with van der Waals surface area (Å²) in [6.07, 6.45) is 8.51. The fourth-order valence-electron chi connectivity index (χ4n) is 2.68. The molecule has 115 valence electrons. The van der Waals surface area contributed by atoms with Gasteiger partial charge in [-0.2, -0.15) is 0 Å². The van der Waals surface area contributed by atoms with Gasteiger partial charge in [-0.25, -0.2) is 0 Å². The summed E-state index contributed by atoms with van der Waals surface area (Å²) in [4.78, 5) is 14.6. The second-order valence-corrected chi connectivity index (χ2v) is 6.33. The maximum Gasteiger partial charge on any atom is 0.164 e. The fourth-order valence-corrected chi connectivity index (χ4v) is 3.08. The lowest BCUT2D eigenvalue weighted by atomic mass is 10.0. The van der Waals surface area contributed by atoms with Crippen LogP contribution in [0.3, 0.4) is 0 Å². The van der Waals surface area contributed by atoms with Crippen molar-refractivity contribution in [2.45, 2.75) is 38.5 Å². The topological polar surface area (TPSA) is 20.3 Å². The number of halogens is 2. The Hall–Kier alpha value is -0.570. The van der Waals surface area contributed by atoms with Gasteiger partial charge in [-0.05, 0) is 63.9 Å². The van der Waals surface area contributed by atoms with Gasteiger partial charge in [0, 0.05) is 12.0 Å². The molecule has 2 nitrogen and oxygen atoms in total. The zero-order valence-corrected chi connectivity index (χ0v) is 13.8. The summed E-state index contributed by atoms with van der Waals surface area (Å²) in [6, 6.07) is 5.23. The molecule has 0 spiro atoms. The normalized spacial score (nSPS) is 16.1. The van der Waals surface area contributed by atoms with Gasteiger partial charge in [0.1, 0.15) is 0 Å². The van der Waals surface area contributed by atoms with E-state index in [1.54, 1.807) is 18.2 Å². The Morgan fingerprint density at radius 1 is 1.10 bits per heavy atom. The molecule has 0 aromatic heterocycles. The molecule has 0 N–H and O–H groups in total. The lowest BCUT2D eigenvalue weighted by Crippen LogP contribution is -2.30. The minimum absolute atomic E-state index is 0.0927. The second-order valence-electron chi connectivity index (χ2n) is 5.54. The Morgan fingerprint density at radius 2 is 1.86 bits per heavy atom. The monoisotopic (exact) mass is 326 g/mol. The van der Waals surface area contributed by atoms with Crippen molar-refractivity contribution in [2.75, 3.05) is 19.6 Å². The molecule has 4 heteroatoms. The average Bonchev–Trinajstić information content (AvgIpc) is 2.50. The second kappa shape index (κ2) is 8.77. The van der Waals surface area contributed by atoms with Crippen molar-refractivity contribution in [3.63, 3.8) is 0 Å². The minimum Gasteiger partial charge on any atom is -0.303 e. The third-order valence-corrected chi connectivity index (χ3v) is 4.75. The molecular formula is C17H22Cl2NO. The first kappa shape index (κ1) is 16.8. The van der Waals surface area contributed by atoms with E-state index in [-0.39, 0.29) is 5.78 Å². The fraction of sp³-hybridized carbons (Fsp3) is 0.529. The van der Waals surface area contributed by atoms with Gasteiger partial charge < -0.3 is 4.90 Å². The predicted molar refractivity (Wildman–Crippen MR) is 89.2 cm³/mol. The third-order valence-electron chi connectivity index (χ3n) is 3.93. The Balaban J connectivity index is 1.66. The molecule has 21 heavy (non-hydrogen) atoms. The SMILES string of the molecule is O=C(CCCCCN1CC[CH]CC1)c1cccc(Cl)c1Cl. The number of hydrogen-bond acceptors (Lipinski definition) is 2. The summed E-state index contributed by atoms with van der Waals surface area (Å²) >= 11 is 12.0. The molecule has 1 aromatic carbocycles. The van der Waals surface area contributed by atoms with E-state index >= 15 is 0 Å². The number of rotatable bonds is 7. The molecule has 0 unspecified atom stereocenters. The van der Waals surface area contributed by atoms with Crippen LogP contribution in [-0.4, -0.2) is 30.3 Å². The van der Waals surface area contributed by atoms with E-state index in [0.29, 0.717) is 22.0 Å². The Bertz CT molecular complexity index is 470. The molecule has 1 fully saturated rings. The highest BCUT2D eigenvalue weighted by molar-refractivity contribution is 6.43. The minimum atomic E-state index is 0.0927. The molecule has 1 aromatic rings. The van der Waals surface area contributed by atoms with E-state index in [2.05, 4.69) is 11.3 Å². The standard InChI is InChI=1S/C17H22Cl2NO/c18-15-9-7-8-14(17(15)19)16(21)10-3-1-4-11-20-12-5-2-6-13-20/h2,7-9H,1,3-6,10-13H2. The van der Waals surface area contributed by atoms with Crippen LogP contribution in [0, 0.1) is 6.42 Å². The number of hydrogen-bond donors (Lipinski definition) is 0. The van der Waals surface area contributed by atoms with Gasteiger partial charge in [0.05, 0.1) is 10.0 Å². The van der Waals surface area contributed by atoms with Gasteiger partial charge in [-0.3, -0.25) is 4.79 Å². The molecular weight excluding hydrogens is 305 g/mol. The number of carbonyl (C=O) groups excluding carboxylic acids is 1. The number of unbranched alkanes of at least 4 members (excludes halogenated alkanes) is 2. The Labute approximate surface area is 137 Å². The summed E-state index contributed by atoms with van der Waals surface area (Å²) in [5.74, 6) is 0.0927. The highest BCUT2D eigenvalue weighted by Crippen LogP contribution is 2.26. The van der Waals surface area contributed by atoms with Crippen LogP contribution in [-0.2, 0) is 0 Å². The highest BCUT2D eigenvalue weighted by Gasteiger charge is 2.13. The summed E-state index contributed by atoms with van der Waals surface area (Å²) in [5.41, 5.74) is 0.552. The van der Waals surface area contributed by atoms with Crippen molar-refractivity contribution in [2.24, 2.45) is 0 Å². The van der Waals surface area contributed by atoms with Crippen molar-refractivity contribution in [1.29, 1.82) is 0 Å². The first-order chi connectivity index (χ1) is 10.2. The van der Waals surface area contributed by atoms with Crippen LogP contribution in [0.1, 0.15) is 48.9 Å². The zero-order valence-electron chi connectivity index (χ0n) is 12.3. The molecule has 1 radical (unpaired) electrons. The van der Waals surface area contributed by atoms with Crippen LogP contribution in [0.2, 0.25) is 10.0 Å². The van der Waals surface area contributed by atoms with Gasteiger partial charge in [-0.1, -0.05) is 35.7 Å². The van der Waals surface area contributed by atoms with Crippen molar-refractivity contribution in [3.8, 4) is 0 Å². The molecule has 0 bridgehead atoms. The lowest BCUT2D eigenvalue weighted by Gasteiger charge is -2.26. The molecule has 2 rings (SSSR count). The van der Waals surface area contributed by atoms with Gasteiger partial charge in [-0.15, -0.1) is 0 Å². The van der Waals surface area contributed by atoms with Gasteiger partial charge in [0.25, 0.3) is 0 Å². The van der Waals surface area contributed by atoms with Crippen molar-refractivity contribution in [1.82, 2.24) is 4.90 Å². The van der Waals surface area contributed by atoms with E-state index in [1.165, 1.54) is 25.9 Å². The zero-order chi connectivity index (χ0) is 15.1. The molecule has 0 atom stereocenters. The number of nitrogens with zero attached hydrogens (tertiary/aromatic N) is 1. The van der Waals surface area contributed by atoms with Crippen LogP contribution in [0.4, 0.5) is 0 Å². The van der Waals surface area contributed by atoms with Crippen LogP contribution < -0.4 is 0 Å². The van der Waals surface area contributed by atoms with E-state index in [1.807, 2.05) is 0 Å². The maximum atomic E-state index is 12.1. The van der Waals surface area contributed by atoms with Crippen LogP contribution in [0.25, 0.3) is 0 Å². The first-order valence-corrected chi connectivity index (χ1v) is 8.45. The molecule has 1 aliphatic rings. The number of ketones is 1. The van der Waals surface area contributed by atoms with Crippen LogP contribution in [0.5, 0.6) is 0 Å². The van der Waals surface area contributed by atoms with Gasteiger partial charge >= 0.3 is 0 Å². The molecule has 1 saturated heterocycles. The molecule has 0 saturated carbocycles. The predicted octanol–water partition coefficient (Wildman–Crippen LogP) is 5.04. The molecule has 1 heterocycles. The number of piperidine rings is 1. The number of benzene rings is 1. The highest BCUT2D eigenvalue weighted by atomic mass is 35.5. The summed E-state index contributed by atoms with van der Waals surface area (Å²) in [7, 11) is 0. The Kier molecular flexibility index (Phi) is 7.01. The first-order valence-electron chi connectivity index (χ1n) is 7.69. The molecule has 0 amide bonds. The van der Waals surface area contributed by atoms with E-state index in [4.69, 9.17) is 23.2 Å². The molecule has 0 aliphatic carbocycles.